The number of aryl methyl sites for hydroxylation is 1. The fourth-order valence-corrected chi connectivity index (χ4v) is 2.34. The Hall–Kier alpha value is -1.62. The average Bonchev–Trinajstić information content (AvgIpc) is 2.36. The molecule has 0 radical (unpaired) electrons. The lowest BCUT2D eigenvalue weighted by atomic mass is 9.83. The van der Waals surface area contributed by atoms with E-state index in [0.29, 0.717) is 23.3 Å². The van der Waals surface area contributed by atoms with Crippen LogP contribution in [-0.2, 0) is 4.79 Å². The number of nitrogens with one attached hydrogen (secondary N) is 1. The van der Waals surface area contributed by atoms with E-state index in [0.717, 1.165) is 31.6 Å². The van der Waals surface area contributed by atoms with E-state index in [-0.39, 0.29) is 5.91 Å². The zero-order valence-corrected chi connectivity index (χ0v) is 12.6. The molecule has 2 rings (SSSR count). The van der Waals surface area contributed by atoms with Gasteiger partial charge in [-0.2, -0.15) is 0 Å². The number of aromatic nitrogens is 1. The highest BCUT2D eigenvalue weighted by atomic mass is 16.2. The van der Waals surface area contributed by atoms with Gasteiger partial charge in [-0.05, 0) is 44.3 Å². The lowest BCUT2D eigenvalue weighted by Crippen LogP contribution is -2.41. The van der Waals surface area contributed by atoms with Crippen LogP contribution >= 0.6 is 0 Å². The standard InChI is InChI=1S/C15H24N4O/c1-11-13(16)8-12(9-17-11)18-14(20)10-19-6-4-15(2,3)5-7-19/h8-9H,4-7,10,16H2,1-3H3,(H,18,20). The van der Waals surface area contributed by atoms with E-state index in [9.17, 15) is 4.79 Å². The minimum atomic E-state index is -0.00485. The molecule has 1 fully saturated rings. The number of anilines is 2. The van der Waals surface area contributed by atoms with E-state index in [4.69, 9.17) is 5.73 Å². The predicted octanol–water partition coefficient (Wildman–Crippen LogP) is 2.03. The first-order chi connectivity index (χ1) is 9.35. The summed E-state index contributed by atoms with van der Waals surface area (Å²) in [4.78, 5) is 18.4. The van der Waals surface area contributed by atoms with E-state index in [1.54, 1.807) is 12.3 Å². The maximum atomic E-state index is 12.0. The van der Waals surface area contributed by atoms with Crippen LogP contribution in [0, 0.1) is 12.3 Å². The minimum Gasteiger partial charge on any atom is -0.397 e. The van der Waals surface area contributed by atoms with Gasteiger partial charge in [0.1, 0.15) is 0 Å². The molecule has 1 aliphatic rings. The highest BCUT2D eigenvalue weighted by Crippen LogP contribution is 2.29. The molecule has 2 heterocycles. The molecule has 1 aromatic heterocycles. The van der Waals surface area contributed by atoms with Crippen LogP contribution in [0.2, 0.25) is 0 Å². The molecule has 1 saturated heterocycles. The zero-order chi connectivity index (χ0) is 14.8. The van der Waals surface area contributed by atoms with E-state index >= 15 is 0 Å². The van der Waals surface area contributed by atoms with Crippen molar-refractivity contribution in [2.45, 2.75) is 33.6 Å². The number of carbonyl (C=O) groups excluding carboxylic acids is 1. The van der Waals surface area contributed by atoms with Crippen LogP contribution in [0.1, 0.15) is 32.4 Å². The van der Waals surface area contributed by atoms with Gasteiger partial charge in [0.25, 0.3) is 0 Å². The maximum Gasteiger partial charge on any atom is 0.238 e. The van der Waals surface area contributed by atoms with Crippen LogP contribution < -0.4 is 11.1 Å². The van der Waals surface area contributed by atoms with E-state index in [2.05, 4.69) is 29.0 Å². The molecule has 0 aromatic carbocycles. The molecule has 0 unspecified atom stereocenters. The van der Waals surface area contributed by atoms with Crippen molar-refractivity contribution < 1.29 is 4.79 Å². The van der Waals surface area contributed by atoms with Crippen LogP contribution in [0.15, 0.2) is 12.3 Å². The number of hydrogen-bond donors (Lipinski definition) is 2. The molecule has 110 valence electrons. The highest BCUT2D eigenvalue weighted by molar-refractivity contribution is 5.92. The number of amides is 1. The molecule has 5 nitrogen and oxygen atoms in total. The third-order valence-corrected chi connectivity index (χ3v) is 3.99. The van der Waals surface area contributed by atoms with Gasteiger partial charge >= 0.3 is 0 Å². The van der Waals surface area contributed by atoms with Crippen LogP contribution in [0.3, 0.4) is 0 Å². The van der Waals surface area contributed by atoms with E-state index in [1.807, 2.05) is 6.92 Å². The van der Waals surface area contributed by atoms with Crippen molar-refractivity contribution in [3.63, 3.8) is 0 Å². The average molecular weight is 276 g/mol. The lowest BCUT2D eigenvalue weighted by molar-refractivity contribution is -0.117. The smallest absolute Gasteiger partial charge is 0.238 e. The monoisotopic (exact) mass is 276 g/mol. The number of nitrogen functional groups attached to an aromatic ring is 1. The number of rotatable bonds is 3. The van der Waals surface area contributed by atoms with Crippen molar-refractivity contribution in [2.75, 3.05) is 30.7 Å². The van der Waals surface area contributed by atoms with Crippen LogP contribution in [-0.4, -0.2) is 35.4 Å². The van der Waals surface area contributed by atoms with Crippen molar-refractivity contribution in [3.8, 4) is 0 Å². The first-order valence-corrected chi connectivity index (χ1v) is 7.10. The first-order valence-electron chi connectivity index (χ1n) is 7.10. The Balaban J connectivity index is 1.85. The third kappa shape index (κ3) is 3.93. The number of pyridine rings is 1. The molecule has 1 aromatic rings. The number of nitrogens with zero attached hydrogens (tertiary/aromatic N) is 2. The van der Waals surface area contributed by atoms with Gasteiger partial charge in [-0.3, -0.25) is 14.7 Å². The second-order valence-electron chi connectivity index (χ2n) is 6.39. The molecule has 0 aliphatic carbocycles. The van der Waals surface area contributed by atoms with Crippen molar-refractivity contribution in [3.05, 3.63) is 18.0 Å². The van der Waals surface area contributed by atoms with Gasteiger partial charge in [-0.1, -0.05) is 13.8 Å². The molecule has 0 bridgehead atoms. The molecular weight excluding hydrogens is 252 g/mol. The second-order valence-corrected chi connectivity index (χ2v) is 6.39. The van der Waals surface area contributed by atoms with Gasteiger partial charge in [-0.25, -0.2) is 0 Å². The number of hydrogen-bond acceptors (Lipinski definition) is 4. The van der Waals surface area contributed by atoms with Crippen molar-refractivity contribution in [1.82, 2.24) is 9.88 Å². The molecule has 0 spiro atoms. The molecule has 5 heteroatoms. The Morgan fingerprint density at radius 2 is 2.10 bits per heavy atom. The van der Waals surface area contributed by atoms with E-state index in [1.165, 1.54) is 0 Å². The molecule has 0 saturated carbocycles. The molecule has 3 N–H and O–H groups in total. The van der Waals surface area contributed by atoms with Crippen molar-refractivity contribution in [2.24, 2.45) is 5.41 Å². The highest BCUT2D eigenvalue weighted by Gasteiger charge is 2.26. The Bertz CT molecular complexity index is 489. The number of piperidine rings is 1. The quantitative estimate of drug-likeness (QED) is 0.886. The van der Waals surface area contributed by atoms with Crippen LogP contribution in [0.4, 0.5) is 11.4 Å². The summed E-state index contributed by atoms with van der Waals surface area (Å²) < 4.78 is 0. The Labute approximate surface area is 120 Å². The topological polar surface area (TPSA) is 71.2 Å². The Morgan fingerprint density at radius 3 is 2.70 bits per heavy atom. The fourth-order valence-electron chi connectivity index (χ4n) is 2.34. The summed E-state index contributed by atoms with van der Waals surface area (Å²) in [6.07, 6.45) is 3.92. The largest absolute Gasteiger partial charge is 0.397 e. The van der Waals surface area contributed by atoms with Crippen LogP contribution in [0.25, 0.3) is 0 Å². The maximum absolute atomic E-state index is 12.0. The third-order valence-electron chi connectivity index (χ3n) is 3.99. The number of nitrogens with two attached hydrogens (primary N) is 1. The van der Waals surface area contributed by atoms with Gasteiger partial charge < -0.3 is 11.1 Å². The van der Waals surface area contributed by atoms with Crippen molar-refractivity contribution in [1.29, 1.82) is 0 Å². The van der Waals surface area contributed by atoms with Crippen LogP contribution in [0.5, 0.6) is 0 Å². The summed E-state index contributed by atoms with van der Waals surface area (Å²) in [6, 6.07) is 1.75. The number of carbonyl (C=O) groups is 1. The Morgan fingerprint density at radius 1 is 1.45 bits per heavy atom. The summed E-state index contributed by atoms with van der Waals surface area (Å²) in [5.74, 6) is -0.00485. The summed E-state index contributed by atoms with van der Waals surface area (Å²) >= 11 is 0. The normalized spacial score (nSPS) is 18.8. The SMILES string of the molecule is Cc1ncc(NC(=O)CN2CCC(C)(C)CC2)cc1N. The predicted molar refractivity (Wildman–Crippen MR) is 81.5 cm³/mol. The summed E-state index contributed by atoms with van der Waals surface area (Å²) in [7, 11) is 0. The molecule has 20 heavy (non-hydrogen) atoms. The van der Waals surface area contributed by atoms with E-state index < -0.39 is 0 Å². The summed E-state index contributed by atoms with van der Waals surface area (Å²) in [5.41, 5.74) is 8.23. The van der Waals surface area contributed by atoms with Gasteiger partial charge in [0, 0.05) is 0 Å². The zero-order valence-electron chi connectivity index (χ0n) is 12.6. The molecular formula is C15H24N4O. The van der Waals surface area contributed by atoms with Crippen molar-refractivity contribution >= 4 is 17.3 Å². The fraction of sp³-hybridized carbons (Fsp3) is 0.600. The lowest BCUT2D eigenvalue weighted by Gasteiger charge is -2.36. The number of likely N-dealkylation sites (tertiary alicyclic amines) is 1. The molecule has 0 atom stereocenters. The summed E-state index contributed by atoms with van der Waals surface area (Å²) in [6.45, 7) is 8.81. The second kappa shape index (κ2) is 5.79. The van der Waals surface area contributed by atoms with Gasteiger partial charge in [0.2, 0.25) is 5.91 Å². The molecule has 1 amide bonds. The van der Waals surface area contributed by atoms with Gasteiger partial charge in [-0.15, -0.1) is 0 Å². The van der Waals surface area contributed by atoms with Gasteiger partial charge in [0.05, 0.1) is 29.8 Å². The Kier molecular flexibility index (Phi) is 4.28. The molecule has 1 aliphatic heterocycles. The van der Waals surface area contributed by atoms with Gasteiger partial charge in [0.15, 0.2) is 0 Å². The first kappa shape index (κ1) is 14.8. The summed E-state index contributed by atoms with van der Waals surface area (Å²) in [5, 5.41) is 2.85. The minimum absolute atomic E-state index is 0.00485.